The Morgan fingerprint density at radius 1 is 0.833 bits per heavy atom. The number of amides is 1. The normalized spacial score (nSPS) is 11.0. The molecule has 4 heteroatoms. The molecule has 2 aromatic carbocycles. The maximum Gasteiger partial charge on any atom is 0.221 e. The van der Waals surface area contributed by atoms with Crippen LogP contribution in [0.3, 0.4) is 0 Å². The van der Waals surface area contributed by atoms with Gasteiger partial charge in [0.25, 0.3) is 0 Å². The number of ketones is 1. The van der Waals surface area contributed by atoms with E-state index in [4.69, 9.17) is 0 Å². The van der Waals surface area contributed by atoms with Crippen molar-refractivity contribution in [1.82, 2.24) is 0 Å². The summed E-state index contributed by atoms with van der Waals surface area (Å²) in [6, 6.07) is 16.0. The molecule has 2 N–H and O–H groups in total. The van der Waals surface area contributed by atoms with Crippen molar-refractivity contribution in [3.8, 4) is 0 Å². The lowest BCUT2D eigenvalue weighted by atomic mass is 9.78. The standard InChI is InChI=1S/C20H24N2O2/c1-14(23)13-21-18-9-5-16(6-10-18)20(3,4)17-7-11-19(12-8-17)22-15(2)24/h5-12,21H,13H2,1-4H3,(H,22,24). The molecule has 0 atom stereocenters. The van der Waals surface area contributed by atoms with Crippen molar-refractivity contribution >= 4 is 23.1 Å². The average molecular weight is 324 g/mol. The molecule has 0 aliphatic heterocycles. The zero-order valence-corrected chi connectivity index (χ0v) is 14.6. The summed E-state index contributed by atoms with van der Waals surface area (Å²) in [5, 5.41) is 5.88. The van der Waals surface area contributed by atoms with Gasteiger partial charge in [-0.3, -0.25) is 9.59 Å². The predicted molar refractivity (Wildman–Crippen MR) is 98.5 cm³/mol. The number of carbonyl (C=O) groups is 2. The Hall–Kier alpha value is -2.62. The molecule has 0 fully saturated rings. The fourth-order valence-electron chi connectivity index (χ4n) is 2.57. The zero-order chi connectivity index (χ0) is 17.7. The number of carbonyl (C=O) groups excluding carboxylic acids is 2. The van der Waals surface area contributed by atoms with Crippen LogP contribution in [0.5, 0.6) is 0 Å². The highest BCUT2D eigenvalue weighted by Crippen LogP contribution is 2.32. The van der Waals surface area contributed by atoms with E-state index in [1.165, 1.54) is 18.1 Å². The van der Waals surface area contributed by atoms with Gasteiger partial charge in [0.15, 0.2) is 0 Å². The average Bonchev–Trinajstić information content (AvgIpc) is 2.53. The molecule has 0 aliphatic carbocycles. The Labute approximate surface area is 143 Å². The van der Waals surface area contributed by atoms with Gasteiger partial charge in [0.05, 0.1) is 6.54 Å². The van der Waals surface area contributed by atoms with Crippen molar-refractivity contribution in [3.05, 3.63) is 59.7 Å². The van der Waals surface area contributed by atoms with E-state index in [1.54, 1.807) is 6.92 Å². The first kappa shape index (κ1) is 17.7. The topological polar surface area (TPSA) is 58.2 Å². The lowest BCUT2D eigenvalue weighted by Crippen LogP contribution is -2.19. The molecule has 0 saturated carbocycles. The number of nitrogens with one attached hydrogen (secondary N) is 2. The molecule has 0 radical (unpaired) electrons. The lowest BCUT2D eigenvalue weighted by molar-refractivity contribution is -0.115. The summed E-state index contributed by atoms with van der Waals surface area (Å²) in [7, 11) is 0. The molecular formula is C20H24N2O2. The second kappa shape index (κ2) is 7.30. The molecule has 0 aliphatic rings. The molecule has 0 heterocycles. The second-order valence-electron chi connectivity index (χ2n) is 6.52. The van der Waals surface area contributed by atoms with E-state index >= 15 is 0 Å². The van der Waals surface area contributed by atoms with Gasteiger partial charge in [-0.05, 0) is 42.3 Å². The molecule has 4 nitrogen and oxygen atoms in total. The molecule has 1 amide bonds. The molecule has 126 valence electrons. The van der Waals surface area contributed by atoms with Crippen LogP contribution < -0.4 is 10.6 Å². The maximum absolute atomic E-state index is 11.1. The number of Topliss-reactive ketones (excluding diaryl/α,β-unsaturated/α-hetero) is 1. The Balaban J connectivity index is 2.16. The van der Waals surface area contributed by atoms with Crippen LogP contribution in [0.4, 0.5) is 11.4 Å². The van der Waals surface area contributed by atoms with Crippen LogP contribution in [0.1, 0.15) is 38.8 Å². The summed E-state index contributed by atoms with van der Waals surface area (Å²) < 4.78 is 0. The van der Waals surface area contributed by atoms with Gasteiger partial charge in [-0.15, -0.1) is 0 Å². The van der Waals surface area contributed by atoms with Crippen LogP contribution in [0.15, 0.2) is 48.5 Å². The third-order valence-corrected chi connectivity index (χ3v) is 4.08. The lowest BCUT2D eigenvalue weighted by Gasteiger charge is -2.26. The van der Waals surface area contributed by atoms with Gasteiger partial charge in [-0.25, -0.2) is 0 Å². The zero-order valence-electron chi connectivity index (χ0n) is 14.6. The van der Waals surface area contributed by atoms with Gasteiger partial charge in [0.2, 0.25) is 5.91 Å². The number of rotatable bonds is 6. The SMILES string of the molecule is CC(=O)CNc1ccc(C(C)(C)c2ccc(NC(C)=O)cc2)cc1. The molecule has 0 saturated heterocycles. The monoisotopic (exact) mass is 324 g/mol. The van der Waals surface area contributed by atoms with E-state index in [-0.39, 0.29) is 17.1 Å². The van der Waals surface area contributed by atoms with Crippen LogP contribution >= 0.6 is 0 Å². The predicted octanol–water partition coefficient (Wildman–Crippen LogP) is 3.97. The number of benzene rings is 2. The maximum atomic E-state index is 11.1. The minimum absolute atomic E-state index is 0.0735. The van der Waals surface area contributed by atoms with E-state index < -0.39 is 0 Å². The van der Waals surface area contributed by atoms with Gasteiger partial charge in [0.1, 0.15) is 5.78 Å². The number of hydrogen-bond donors (Lipinski definition) is 2. The Morgan fingerprint density at radius 3 is 1.71 bits per heavy atom. The van der Waals surface area contributed by atoms with Crippen molar-refractivity contribution in [2.75, 3.05) is 17.2 Å². The Kier molecular flexibility index (Phi) is 5.39. The fourth-order valence-corrected chi connectivity index (χ4v) is 2.57. The van der Waals surface area contributed by atoms with Gasteiger partial charge in [-0.2, -0.15) is 0 Å². The van der Waals surface area contributed by atoms with Crippen molar-refractivity contribution in [1.29, 1.82) is 0 Å². The molecule has 2 aromatic rings. The van der Waals surface area contributed by atoms with E-state index in [1.807, 2.05) is 36.4 Å². The minimum Gasteiger partial charge on any atom is -0.378 e. The van der Waals surface area contributed by atoms with Crippen molar-refractivity contribution in [2.45, 2.75) is 33.1 Å². The molecule has 0 bridgehead atoms. The fraction of sp³-hybridized carbons (Fsp3) is 0.300. The van der Waals surface area contributed by atoms with Crippen LogP contribution in [0.2, 0.25) is 0 Å². The largest absolute Gasteiger partial charge is 0.378 e. The van der Waals surface area contributed by atoms with Gasteiger partial charge >= 0.3 is 0 Å². The van der Waals surface area contributed by atoms with E-state index in [0.717, 1.165) is 11.4 Å². The van der Waals surface area contributed by atoms with Gasteiger partial charge in [0, 0.05) is 23.7 Å². The first-order valence-electron chi connectivity index (χ1n) is 8.01. The van der Waals surface area contributed by atoms with Crippen molar-refractivity contribution in [3.63, 3.8) is 0 Å². The smallest absolute Gasteiger partial charge is 0.221 e. The summed E-state index contributed by atoms with van der Waals surface area (Å²) in [4.78, 5) is 22.1. The van der Waals surface area contributed by atoms with Crippen molar-refractivity contribution in [2.24, 2.45) is 0 Å². The number of anilines is 2. The van der Waals surface area contributed by atoms with Crippen LogP contribution in [-0.2, 0) is 15.0 Å². The van der Waals surface area contributed by atoms with Gasteiger partial charge in [-0.1, -0.05) is 38.1 Å². The molecular weight excluding hydrogens is 300 g/mol. The van der Waals surface area contributed by atoms with E-state index in [9.17, 15) is 9.59 Å². The highest BCUT2D eigenvalue weighted by Gasteiger charge is 2.22. The Morgan fingerprint density at radius 2 is 1.29 bits per heavy atom. The van der Waals surface area contributed by atoms with Crippen LogP contribution in [-0.4, -0.2) is 18.2 Å². The summed E-state index contributed by atoms with van der Waals surface area (Å²) >= 11 is 0. The summed E-state index contributed by atoms with van der Waals surface area (Å²) in [6.07, 6.45) is 0. The molecule has 2 rings (SSSR count). The highest BCUT2D eigenvalue weighted by molar-refractivity contribution is 5.88. The summed E-state index contributed by atoms with van der Waals surface area (Å²) in [6.45, 7) is 7.73. The molecule has 0 unspecified atom stereocenters. The van der Waals surface area contributed by atoms with Gasteiger partial charge < -0.3 is 10.6 Å². The Bertz CT molecular complexity index is 716. The van der Waals surface area contributed by atoms with E-state index in [2.05, 4.69) is 36.6 Å². The highest BCUT2D eigenvalue weighted by atomic mass is 16.1. The summed E-state index contributed by atoms with van der Waals surface area (Å²) in [5.74, 6) is 0.0364. The minimum atomic E-state index is -0.159. The summed E-state index contributed by atoms with van der Waals surface area (Å²) in [5.41, 5.74) is 3.93. The van der Waals surface area contributed by atoms with Crippen LogP contribution in [0, 0.1) is 0 Å². The van der Waals surface area contributed by atoms with E-state index in [0.29, 0.717) is 6.54 Å². The number of hydrogen-bond acceptors (Lipinski definition) is 3. The quantitative estimate of drug-likeness (QED) is 0.845. The third kappa shape index (κ3) is 4.44. The first-order chi connectivity index (χ1) is 11.3. The van der Waals surface area contributed by atoms with Crippen LogP contribution in [0.25, 0.3) is 0 Å². The second-order valence-corrected chi connectivity index (χ2v) is 6.52. The third-order valence-electron chi connectivity index (χ3n) is 4.08. The molecule has 0 aromatic heterocycles. The first-order valence-corrected chi connectivity index (χ1v) is 8.01. The molecule has 0 spiro atoms. The van der Waals surface area contributed by atoms with Crippen molar-refractivity contribution < 1.29 is 9.59 Å². The molecule has 24 heavy (non-hydrogen) atoms.